The summed E-state index contributed by atoms with van der Waals surface area (Å²) < 4.78 is 16.7. The van der Waals surface area contributed by atoms with Gasteiger partial charge in [-0.25, -0.2) is 0 Å². The van der Waals surface area contributed by atoms with E-state index in [-0.39, 0.29) is 23.8 Å². The molecule has 1 aliphatic carbocycles. The van der Waals surface area contributed by atoms with Crippen LogP contribution in [0.3, 0.4) is 0 Å². The molecule has 1 aromatic carbocycles. The van der Waals surface area contributed by atoms with E-state index in [2.05, 4.69) is 11.4 Å². The molecule has 1 saturated carbocycles. The molecule has 0 bridgehead atoms. The summed E-state index contributed by atoms with van der Waals surface area (Å²) in [7, 11) is 0. The molecular weight excluding hydrogens is 346 g/mol. The molecule has 0 spiro atoms. The average molecular weight is 375 g/mol. The number of hydrogen-bond donors (Lipinski definition) is 2. The molecule has 0 radical (unpaired) electrons. The van der Waals surface area contributed by atoms with Crippen LogP contribution in [0.2, 0.25) is 0 Å². The van der Waals surface area contributed by atoms with Crippen LogP contribution in [0, 0.1) is 11.3 Å². The lowest BCUT2D eigenvalue weighted by molar-refractivity contribution is -0.122. The summed E-state index contributed by atoms with van der Waals surface area (Å²) in [6.45, 7) is 3.06. The fourth-order valence-corrected chi connectivity index (χ4v) is 4.10. The third-order valence-electron chi connectivity index (χ3n) is 6.14. The number of rotatable bonds is 7. The van der Waals surface area contributed by atoms with Crippen molar-refractivity contribution >= 4 is 5.91 Å². The number of amides is 1. The van der Waals surface area contributed by atoms with E-state index in [1.807, 2.05) is 12.1 Å². The molecule has 1 saturated heterocycles. The highest BCUT2D eigenvalue weighted by molar-refractivity contribution is 5.77. The lowest BCUT2D eigenvalue weighted by Gasteiger charge is -2.35. The van der Waals surface area contributed by atoms with Crippen molar-refractivity contribution in [3.63, 3.8) is 0 Å². The maximum Gasteiger partial charge on any atom is 0.220 e. The molecule has 2 heterocycles. The number of carbonyl (C=O) groups is 1. The fourth-order valence-electron chi connectivity index (χ4n) is 4.10. The van der Waals surface area contributed by atoms with Crippen LogP contribution in [0.25, 0.3) is 0 Å². The van der Waals surface area contributed by atoms with Crippen LogP contribution in [-0.2, 0) is 9.53 Å². The van der Waals surface area contributed by atoms with Crippen molar-refractivity contribution in [3.8, 4) is 11.5 Å². The Balaban J connectivity index is 1.39. The SMILES string of the molecule is O=C(CC(c1ccc2c(c1)OCCO2)C1CC1)NCC1(CO)CCOCC1. The van der Waals surface area contributed by atoms with Gasteiger partial charge >= 0.3 is 0 Å². The molecule has 2 N–H and O–H groups in total. The topological polar surface area (TPSA) is 77.0 Å². The minimum atomic E-state index is -0.236. The number of carbonyl (C=O) groups excluding carboxylic acids is 1. The van der Waals surface area contributed by atoms with E-state index in [1.54, 1.807) is 0 Å². The number of ether oxygens (including phenoxy) is 3. The summed E-state index contributed by atoms with van der Waals surface area (Å²) in [6, 6.07) is 6.07. The molecular formula is C21H29NO5. The van der Waals surface area contributed by atoms with Gasteiger partial charge in [0.15, 0.2) is 11.5 Å². The van der Waals surface area contributed by atoms with E-state index in [0.29, 0.717) is 45.3 Å². The predicted molar refractivity (Wildman–Crippen MR) is 100 cm³/mol. The van der Waals surface area contributed by atoms with Crippen molar-refractivity contribution in [1.82, 2.24) is 5.32 Å². The molecule has 1 aromatic rings. The molecule has 6 heteroatoms. The van der Waals surface area contributed by atoms with Gasteiger partial charge in [-0.1, -0.05) is 6.07 Å². The predicted octanol–water partition coefficient (Wildman–Crippen LogP) is 2.25. The van der Waals surface area contributed by atoms with Crippen LogP contribution in [0.5, 0.6) is 11.5 Å². The van der Waals surface area contributed by atoms with Gasteiger partial charge < -0.3 is 24.6 Å². The molecule has 148 valence electrons. The highest BCUT2D eigenvalue weighted by atomic mass is 16.6. The largest absolute Gasteiger partial charge is 0.486 e. The van der Waals surface area contributed by atoms with Gasteiger partial charge in [-0.15, -0.1) is 0 Å². The van der Waals surface area contributed by atoms with Gasteiger partial charge in [-0.05, 0) is 55.2 Å². The lowest BCUT2D eigenvalue weighted by atomic mass is 9.81. The Kier molecular flexibility index (Phi) is 5.55. The van der Waals surface area contributed by atoms with Gasteiger partial charge in [0.1, 0.15) is 13.2 Å². The summed E-state index contributed by atoms with van der Waals surface area (Å²) in [6.07, 6.45) is 4.40. The fraction of sp³-hybridized carbons (Fsp3) is 0.667. The first kappa shape index (κ1) is 18.6. The van der Waals surface area contributed by atoms with Gasteiger partial charge in [0, 0.05) is 31.6 Å². The van der Waals surface area contributed by atoms with Gasteiger partial charge in [0.2, 0.25) is 5.91 Å². The van der Waals surface area contributed by atoms with Crippen molar-refractivity contribution < 1.29 is 24.1 Å². The quantitative estimate of drug-likeness (QED) is 0.764. The van der Waals surface area contributed by atoms with E-state index in [4.69, 9.17) is 14.2 Å². The van der Waals surface area contributed by atoms with Crippen LogP contribution >= 0.6 is 0 Å². The van der Waals surface area contributed by atoms with E-state index in [1.165, 1.54) is 12.8 Å². The van der Waals surface area contributed by atoms with Gasteiger partial charge in [-0.3, -0.25) is 4.79 Å². The smallest absolute Gasteiger partial charge is 0.220 e. The van der Waals surface area contributed by atoms with Crippen molar-refractivity contribution in [2.24, 2.45) is 11.3 Å². The molecule has 4 rings (SSSR count). The maximum absolute atomic E-state index is 12.7. The second-order valence-corrected chi connectivity index (χ2v) is 8.10. The number of nitrogens with one attached hydrogen (secondary N) is 1. The molecule has 1 atom stereocenters. The Labute approximate surface area is 160 Å². The van der Waals surface area contributed by atoms with Crippen molar-refractivity contribution in [3.05, 3.63) is 23.8 Å². The standard InChI is InChI=1S/C21H29NO5/c23-14-21(5-7-25-8-6-21)13-22-20(24)12-17(15-1-2-15)16-3-4-18-19(11-16)27-10-9-26-18/h3-4,11,15,17,23H,1-2,5-10,12-14H2,(H,22,24). The maximum atomic E-state index is 12.7. The molecule has 2 aliphatic heterocycles. The lowest BCUT2D eigenvalue weighted by Crippen LogP contribution is -2.44. The van der Waals surface area contributed by atoms with E-state index >= 15 is 0 Å². The summed E-state index contributed by atoms with van der Waals surface area (Å²) in [5, 5.41) is 12.9. The summed E-state index contributed by atoms with van der Waals surface area (Å²) >= 11 is 0. The zero-order valence-corrected chi connectivity index (χ0v) is 15.7. The highest BCUT2D eigenvalue weighted by Gasteiger charge is 2.36. The summed E-state index contributed by atoms with van der Waals surface area (Å²) in [5.41, 5.74) is 0.917. The minimum absolute atomic E-state index is 0.0566. The Morgan fingerprint density at radius 3 is 2.59 bits per heavy atom. The summed E-state index contributed by atoms with van der Waals surface area (Å²) in [5.74, 6) is 2.40. The first-order chi connectivity index (χ1) is 13.2. The van der Waals surface area contributed by atoms with Crippen molar-refractivity contribution in [2.75, 3.05) is 39.6 Å². The third-order valence-corrected chi connectivity index (χ3v) is 6.14. The monoisotopic (exact) mass is 375 g/mol. The Morgan fingerprint density at radius 2 is 1.89 bits per heavy atom. The number of hydrogen-bond acceptors (Lipinski definition) is 5. The summed E-state index contributed by atoms with van der Waals surface area (Å²) in [4.78, 5) is 12.7. The molecule has 27 heavy (non-hydrogen) atoms. The normalized spacial score (nSPS) is 22.1. The number of fused-ring (bicyclic) bond motifs is 1. The van der Waals surface area contributed by atoms with E-state index < -0.39 is 0 Å². The number of aliphatic hydroxyl groups excluding tert-OH is 1. The highest BCUT2D eigenvalue weighted by Crippen LogP contribution is 2.46. The first-order valence-corrected chi connectivity index (χ1v) is 10.0. The molecule has 0 aromatic heterocycles. The number of aliphatic hydroxyl groups is 1. The van der Waals surface area contributed by atoms with Crippen LogP contribution in [0.1, 0.15) is 43.6 Å². The van der Waals surface area contributed by atoms with Crippen LogP contribution in [0.15, 0.2) is 18.2 Å². The second-order valence-electron chi connectivity index (χ2n) is 8.10. The van der Waals surface area contributed by atoms with Crippen LogP contribution in [0.4, 0.5) is 0 Å². The van der Waals surface area contributed by atoms with Crippen molar-refractivity contribution in [1.29, 1.82) is 0 Å². The molecule has 1 unspecified atom stereocenters. The van der Waals surface area contributed by atoms with E-state index in [9.17, 15) is 9.90 Å². The van der Waals surface area contributed by atoms with Gasteiger partial charge in [-0.2, -0.15) is 0 Å². The zero-order valence-electron chi connectivity index (χ0n) is 15.7. The average Bonchev–Trinajstić information content (AvgIpc) is 3.56. The zero-order chi connectivity index (χ0) is 18.7. The number of benzene rings is 1. The molecule has 2 fully saturated rings. The van der Waals surface area contributed by atoms with Crippen LogP contribution in [-0.4, -0.2) is 50.6 Å². The Bertz CT molecular complexity index is 667. The Hall–Kier alpha value is -1.79. The van der Waals surface area contributed by atoms with Crippen molar-refractivity contribution in [2.45, 2.75) is 38.0 Å². The van der Waals surface area contributed by atoms with Crippen LogP contribution < -0.4 is 14.8 Å². The molecule has 1 amide bonds. The van der Waals surface area contributed by atoms with E-state index in [0.717, 1.165) is 29.9 Å². The third kappa shape index (κ3) is 4.38. The minimum Gasteiger partial charge on any atom is -0.486 e. The second kappa shape index (κ2) is 8.07. The Morgan fingerprint density at radius 1 is 1.15 bits per heavy atom. The van der Waals surface area contributed by atoms with Gasteiger partial charge in [0.25, 0.3) is 0 Å². The first-order valence-electron chi connectivity index (χ1n) is 10.0. The molecule has 3 aliphatic rings. The molecule has 6 nitrogen and oxygen atoms in total. The van der Waals surface area contributed by atoms with Gasteiger partial charge in [0.05, 0.1) is 6.61 Å².